The van der Waals surface area contributed by atoms with Crippen LogP contribution in [0.1, 0.15) is 11.4 Å². The molecule has 0 saturated carbocycles. The number of aryl methyl sites for hydroxylation is 2. The molecule has 0 radical (unpaired) electrons. The lowest BCUT2D eigenvalue weighted by Crippen LogP contribution is -3.00. The Bertz CT molecular complexity index is 805. The summed E-state index contributed by atoms with van der Waals surface area (Å²) in [5.74, 6) is -0.141. The Morgan fingerprint density at radius 1 is 0.897 bits per heavy atom. The van der Waals surface area contributed by atoms with Crippen molar-refractivity contribution in [3.8, 4) is 0 Å². The maximum Gasteiger partial charge on any atom is 0.390 e. The molecule has 0 atom stereocenters. The Labute approximate surface area is 176 Å². The molecule has 0 unspecified atom stereocenters. The van der Waals surface area contributed by atoms with Gasteiger partial charge in [0.15, 0.2) is 11.4 Å². The number of aromatic nitrogens is 3. The maximum atomic E-state index is 11.4. The monoisotopic (exact) mass is 430 g/mol. The van der Waals surface area contributed by atoms with E-state index >= 15 is 0 Å². The smallest absolute Gasteiger partial charge is 0.390 e. The molecule has 0 aliphatic carbocycles. The largest absolute Gasteiger partial charge is 1.00 e. The lowest BCUT2D eigenvalue weighted by atomic mass is 10.3. The van der Waals surface area contributed by atoms with E-state index in [2.05, 4.69) is 4.98 Å². The van der Waals surface area contributed by atoms with Gasteiger partial charge in [-0.2, -0.15) is 0 Å². The minimum atomic E-state index is -0.468. The third-order valence-electron chi connectivity index (χ3n) is 4.18. The lowest BCUT2D eigenvalue weighted by molar-refractivity contribution is -0.884. The van der Waals surface area contributed by atoms with Gasteiger partial charge < -0.3 is 40.6 Å². The molecule has 2 heterocycles. The zero-order valence-electron chi connectivity index (χ0n) is 17.7. The van der Waals surface area contributed by atoms with E-state index in [0.717, 1.165) is 0 Å². The topological polar surface area (TPSA) is 109 Å². The normalized spacial score (nSPS) is 11.9. The Morgan fingerprint density at radius 3 is 1.90 bits per heavy atom. The minimum Gasteiger partial charge on any atom is -1.00 e. The third-order valence-corrected chi connectivity index (χ3v) is 4.18. The van der Waals surface area contributed by atoms with E-state index in [9.17, 15) is 20.2 Å². The summed E-state index contributed by atoms with van der Waals surface area (Å²) in [6.07, 6.45) is 3.18. The predicted molar refractivity (Wildman–Crippen MR) is 103 cm³/mol. The highest BCUT2D eigenvalue weighted by Gasteiger charge is 2.28. The van der Waals surface area contributed by atoms with Crippen LogP contribution in [-0.2, 0) is 26.2 Å². The quantitative estimate of drug-likeness (QED) is 0.276. The zero-order valence-corrected chi connectivity index (χ0v) is 18.5. The van der Waals surface area contributed by atoms with E-state index in [4.69, 9.17) is 0 Å². The second kappa shape index (κ2) is 8.89. The van der Waals surface area contributed by atoms with Gasteiger partial charge in [0.25, 0.3) is 5.69 Å². The van der Waals surface area contributed by atoms with E-state index in [1.54, 1.807) is 10.8 Å². The lowest BCUT2D eigenvalue weighted by Gasteiger charge is -2.25. The van der Waals surface area contributed by atoms with Crippen molar-refractivity contribution < 1.29 is 31.2 Å². The predicted octanol–water partition coefficient (Wildman–Crippen LogP) is -1.38. The molecule has 12 heteroatoms. The standard InChI is InChI=1S/C17H29N7O4.ClH/c1-23(2,3)11-15-14(21(25)26)7-8-19(15)9-10-20-13-18-17(22(27)28)16(20)12-24(4,5)6;/h7-8,13H,9-12H2,1-6H3;1H/q+2;/p-1. The van der Waals surface area contributed by atoms with Crippen LogP contribution < -0.4 is 12.4 Å². The molecule has 11 nitrogen and oxygen atoms in total. The Kier molecular flexibility index (Phi) is 7.52. The molecule has 0 spiro atoms. The van der Waals surface area contributed by atoms with Crippen LogP contribution in [0.3, 0.4) is 0 Å². The molecule has 0 saturated heterocycles. The van der Waals surface area contributed by atoms with Crippen molar-refractivity contribution in [1.29, 1.82) is 0 Å². The minimum absolute atomic E-state index is 0. The van der Waals surface area contributed by atoms with Crippen molar-refractivity contribution in [3.05, 3.63) is 50.2 Å². The Balaban J connectivity index is 0.00000420. The number of halogens is 1. The second-order valence-corrected chi connectivity index (χ2v) is 8.96. The fourth-order valence-corrected chi connectivity index (χ4v) is 3.06. The summed E-state index contributed by atoms with van der Waals surface area (Å²) in [4.78, 5) is 25.8. The van der Waals surface area contributed by atoms with Crippen molar-refractivity contribution in [2.45, 2.75) is 26.2 Å². The van der Waals surface area contributed by atoms with Crippen molar-refractivity contribution >= 4 is 11.5 Å². The molecule has 0 amide bonds. The van der Waals surface area contributed by atoms with E-state index in [-0.39, 0.29) is 28.8 Å². The fourth-order valence-electron chi connectivity index (χ4n) is 3.06. The van der Waals surface area contributed by atoms with E-state index in [1.165, 1.54) is 12.4 Å². The molecular weight excluding hydrogens is 402 g/mol. The number of hydrogen-bond acceptors (Lipinski definition) is 5. The summed E-state index contributed by atoms with van der Waals surface area (Å²) in [7, 11) is 11.8. The van der Waals surface area contributed by atoms with Crippen LogP contribution in [0.5, 0.6) is 0 Å². The highest BCUT2D eigenvalue weighted by Crippen LogP contribution is 2.24. The first-order valence-electron chi connectivity index (χ1n) is 8.90. The molecule has 2 rings (SSSR count). The summed E-state index contributed by atoms with van der Waals surface area (Å²) < 4.78 is 4.69. The van der Waals surface area contributed by atoms with Crippen molar-refractivity contribution in [2.24, 2.45) is 0 Å². The summed E-state index contributed by atoms with van der Waals surface area (Å²) in [5.41, 5.74) is 1.28. The molecule has 2 aromatic rings. The molecule has 0 fully saturated rings. The first kappa shape index (κ1) is 24.5. The van der Waals surface area contributed by atoms with E-state index < -0.39 is 4.92 Å². The molecule has 2 aromatic heterocycles. The number of imidazole rings is 1. The number of hydrogen-bond donors (Lipinski definition) is 0. The highest BCUT2D eigenvalue weighted by atomic mass is 35.5. The molecule has 162 valence electrons. The van der Waals surface area contributed by atoms with Crippen LogP contribution >= 0.6 is 0 Å². The van der Waals surface area contributed by atoms with Crippen LogP contribution in [-0.4, -0.2) is 75.2 Å². The van der Waals surface area contributed by atoms with Crippen molar-refractivity contribution in [1.82, 2.24) is 14.1 Å². The fraction of sp³-hybridized carbons (Fsp3) is 0.588. The van der Waals surface area contributed by atoms with Gasteiger partial charge in [-0.25, -0.2) is 0 Å². The Hall–Kier alpha value is -2.50. The summed E-state index contributed by atoms with van der Waals surface area (Å²) in [6.45, 7) is 1.85. The van der Waals surface area contributed by atoms with Gasteiger partial charge in [-0.05, 0) is 9.91 Å². The van der Waals surface area contributed by atoms with E-state index in [0.29, 0.717) is 46.5 Å². The highest BCUT2D eigenvalue weighted by molar-refractivity contribution is 5.36. The van der Waals surface area contributed by atoms with Gasteiger partial charge in [0, 0.05) is 25.4 Å². The van der Waals surface area contributed by atoms with Gasteiger partial charge in [0.1, 0.15) is 13.1 Å². The van der Waals surface area contributed by atoms with Gasteiger partial charge in [-0.3, -0.25) is 10.1 Å². The number of quaternary nitrogens is 2. The first-order valence-corrected chi connectivity index (χ1v) is 8.90. The Morgan fingerprint density at radius 2 is 1.41 bits per heavy atom. The van der Waals surface area contributed by atoms with Gasteiger partial charge in [-0.15, -0.1) is 0 Å². The molecule has 0 N–H and O–H groups in total. The van der Waals surface area contributed by atoms with Gasteiger partial charge in [-0.1, -0.05) is 0 Å². The summed E-state index contributed by atoms with van der Waals surface area (Å²) in [6, 6.07) is 1.51. The molecule has 0 aliphatic heterocycles. The SMILES string of the molecule is C[N+](C)(C)Cc1c([N+](=O)[O-])ccn1CCn1cnc([N+](=O)[O-])c1C[N+](C)(C)C.[Cl-]. The van der Waals surface area contributed by atoms with Crippen LogP contribution in [0.4, 0.5) is 11.5 Å². The van der Waals surface area contributed by atoms with E-state index in [1.807, 2.05) is 46.9 Å². The number of rotatable bonds is 9. The van der Waals surface area contributed by atoms with Gasteiger partial charge >= 0.3 is 5.82 Å². The van der Waals surface area contributed by atoms with Crippen LogP contribution in [0, 0.1) is 20.2 Å². The second-order valence-electron chi connectivity index (χ2n) is 8.96. The van der Waals surface area contributed by atoms with Crippen LogP contribution in [0.25, 0.3) is 0 Å². The van der Waals surface area contributed by atoms with Gasteiger partial charge in [0.05, 0.1) is 47.2 Å². The zero-order chi connectivity index (χ0) is 21.3. The third kappa shape index (κ3) is 6.51. The summed E-state index contributed by atoms with van der Waals surface area (Å²) in [5, 5.41) is 22.7. The number of nitrogens with zero attached hydrogens (tertiary/aromatic N) is 7. The van der Waals surface area contributed by atoms with Crippen LogP contribution in [0.2, 0.25) is 0 Å². The van der Waals surface area contributed by atoms with Crippen LogP contribution in [0.15, 0.2) is 18.6 Å². The summed E-state index contributed by atoms with van der Waals surface area (Å²) >= 11 is 0. The first-order chi connectivity index (χ1) is 12.8. The molecule has 29 heavy (non-hydrogen) atoms. The molecule has 0 aliphatic rings. The molecule has 0 bridgehead atoms. The molecular formula is C17H29ClN7O4+. The average molecular weight is 431 g/mol. The van der Waals surface area contributed by atoms with Crippen molar-refractivity contribution in [3.63, 3.8) is 0 Å². The van der Waals surface area contributed by atoms with Crippen molar-refractivity contribution in [2.75, 3.05) is 42.3 Å². The number of nitro groups is 2. The maximum absolute atomic E-state index is 11.4. The van der Waals surface area contributed by atoms with Gasteiger partial charge in [0.2, 0.25) is 6.33 Å². The molecule has 0 aromatic carbocycles. The average Bonchev–Trinajstić information content (AvgIpc) is 3.06.